The number of rotatable bonds is 7. The maximum Gasteiger partial charge on any atom is 0.128 e. The Balaban J connectivity index is 2.15. The number of pyridine rings is 1. The summed E-state index contributed by atoms with van der Waals surface area (Å²) < 4.78 is 5.38. The molecular weight excluding hydrogens is 250 g/mol. The minimum Gasteiger partial charge on any atom is -0.496 e. The van der Waals surface area contributed by atoms with Crippen molar-refractivity contribution in [2.75, 3.05) is 38.6 Å². The minimum atomic E-state index is 0.863. The van der Waals surface area contributed by atoms with Gasteiger partial charge in [-0.25, -0.2) is 0 Å². The summed E-state index contributed by atoms with van der Waals surface area (Å²) in [6.07, 6.45) is 1.82. The van der Waals surface area contributed by atoms with Crippen LogP contribution in [0.3, 0.4) is 0 Å². The van der Waals surface area contributed by atoms with Crippen LogP contribution in [0.4, 0.5) is 5.69 Å². The van der Waals surface area contributed by atoms with Gasteiger partial charge in [-0.05, 0) is 37.4 Å². The molecule has 0 aliphatic rings. The topological polar surface area (TPSA) is 37.4 Å². The smallest absolute Gasteiger partial charge is 0.128 e. The molecule has 0 amide bonds. The van der Waals surface area contributed by atoms with E-state index in [1.54, 1.807) is 7.11 Å². The average molecular weight is 273 g/mol. The predicted octanol–water partition coefficient (Wildman–Crippen LogP) is 3.00. The molecule has 0 saturated heterocycles. The van der Waals surface area contributed by atoms with Crippen LogP contribution in [0.2, 0.25) is 0 Å². The maximum atomic E-state index is 5.38. The summed E-state index contributed by atoms with van der Waals surface area (Å²) in [7, 11) is 1.69. The van der Waals surface area contributed by atoms with E-state index in [-0.39, 0.29) is 0 Å². The molecule has 0 saturated carbocycles. The Hall–Kier alpha value is -1.81. The number of fused-ring (bicyclic) bond motifs is 1. The van der Waals surface area contributed by atoms with Crippen LogP contribution in [-0.4, -0.2) is 43.2 Å². The Kier molecular flexibility index (Phi) is 5.18. The number of nitrogens with zero attached hydrogens (tertiary/aromatic N) is 2. The number of nitrogens with one attached hydrogen (secondary N) is 1. The zero-order chi connectivity index (χ0) is 14.4. The average Bonchev–Trinajstić information content (AvgIpc) is 2.51. The van der Waals surface area contributed by atoms with Gasteiger partial charge in [0.15, 0.2) is 0 Å². The molecule has 0 atom stereocenters. The van der Waals surface area contributed by atoms with Crippen molar-refractivity contribution in [3.63, 3.8) is 0 Å². The van der Waals surface area contributed by atoms with Gasteiger partial charge >= 0.3 is 0 Å². The van der Waals surface area contributed by atoms with Gasteiger partial charge in [0.1, 0.15) is 5.75 Å². The van der Waals surface area contributed by atoms with E-state index in [4.69, 9.17) is 4.74 Å². The van der Waals surface area contributed by atoms with E-state index in [2.05, 4.69) is 29.0 Å². The summed E-state index contributed by atoms with van der Waals surface area (Å²) in [5, 5.41) is 4.52. The zero-order valence-corrected chi connectivity index (χ0v) is 12.5. The fourth-order valence-electron chi connectivity index (χ4n) is 2.36. The van der Waals surface area contributed by atoms with Gasteiger partial charge in [0.25, 0.3) is 0 Å². The van der Waals surface area contributed by atoms with Crippen molar-refractivity contribution in [1.29, 1.82) is 0 Å². The summed E-state index contributed by atoms with van der Waals surface area (Å²) in [5.41, 5.74) is 2.03. The molecule has 0 aliphatic heterocycles. The fourth-order valence-corrected chi connectivity index (χ4v) is 2.36. The Morgan fingerprint density at radius 3 is 2.70 bits per heavy atom. The molecule has 4 nitrogen and oxygen atoms in total. The highest BCUT2D eigenvalue weighted by Crippen LogP contribution is 2.29. The molecule has 1 N–H and O–H groups in total. The largest absolute Gasteiger partial charge is 0.496 e. The lowest BCUT2D eigenvalue weighted by Crippen LogP contribution is -2.28. The van der Waals surface area contributed by atoms with Gasteiger partial charge in [0, 0.05) is 24.7 Å². The first-order valence-corrected chi connectivity index (χ1v) is 7.18. The van der Waals surface area contributed by atoms with Crippen LogP contribution in [0.25, 0.3) is 10.9 Å². The van der Waals surface area contributed by atoms with E-state index >= 15 is 0 Å². The molecule has 0 fully saturated rings. The molecular formula is C16H23N3O. The second kappa shape index (κ2) is 7.10. The Morgan fingerprint density at radius 2 is 2.00 bits per heavy atom. The standard InChI is InChI=1S/C16H23N3O/c1-4-19(5-2)12-11-17-14-8-9-15(20-3)13-7-6-10-18-16(13)14/h6-10,17H,4-5,11-12H2,1-3H3. The highest BCUT2D eigenvalue weighted by atomic mass is 16.5. The van der Waals surface area contributed by atoms with Crippen LogP contribution in [0, 0.1) is 0 Å². The summed E-state index contributed by atoms with van der Waals surface area (Å²) in [5.74, 6) is 0.863. The third-order valence-corrected chi connectivity index (χ3v) is 3.59. The second-order valence-corrected chi connectivity index (χ2v) is 4.67. The van der Waals surface area contributed by atoms with Crippen LogP contribution in [0.15, 0.2) is 30.5 Å². The van der Waals surface area contributed by atoms with E-state index in [1.807, 2.05) is 30.5 Å². The third-order valence-electron chi connectivity index (χ3n) is 3.59. The number of anilines is 1. The molecule has 1 aromatic heterocycles. The monoisotopic (exact) mass is 273 g/mol. The fraction of sp³-hybridized carbons (Fsp3) is 0.438. The van der Waals surface area contributed by atoms with Gasteiger partial charge in [-0.3, -0.25) is 4.98 Å². The van der Waals surface area contributed by atoms with Crippen LogP contribution in [0.5, 0.6) is 5.75 Å². The Labute approximate surface area is 120 Å². The van der Waals surface area contributed by atoms with Gasteiger partial charge in [-0.2, -0.15) is 0 Å². The predicted molar refractivity (Wildman–Crippen MR) is 84.6 cm³/mol. The van der Waals surface area contributed by atoms with Crippen molar-refractivity contribution in [3.05, 3.63) is 30.5 Å². The molecule has 0 bridgehead atoms. The van der Waals surface area contributed by atoms with Gasteiger partial charge in [-0.15, -0.1) is 0 Å². The molecule has 1 aromatic carbocycles. The van der Waals surface area contributed by atoms with Crippen molar-refractivity contribution in [1.82, 2.24) is 9.88 Å². The number of hydrogen-bond acceptors (Lipinski definition) is 4. The molecule has 1 heterocycles. The number of aromatic nitrogens is 1. The SMILES string of the molecule is CCN(CC)CCNc1ccc(OC)c2cccnc12. The molecule has 2 aromatic rings. The van der Waals surface area contributed by atoms with Crippen molar-refractivity contribution < 1.29 is 4.74 Å². The molecule has 0 aliphatic carbocycles. The van der Waals surface area contributed by atoms with E-state index in [1.165, 1.54) is 0 Å². The normalized spacial score (nSPS) is 11.0. The molecule has 0 radical (unpaired) electrons. The van der Waals surface area contributed by atoms with E-state index in [0.717, 1.165) is 48.5 Å². The quantitative estimate of drug-likeness (QED) is 0.841. The first-order valence-electron chi connectivity index (χ1n) is 7.18. The molecule has 4 heteroatoms. The Morgan fingerprint density at radius 1 is 1.20 bits per heavy atom. The van der Waals surface area contributed by atoms with Crippen molar-refractivity contribution >= 4 is 16.6 Å². The van der Waals surface area contributed by atoms with Gasteiger partial charge < -0.3 is 15.0 Å². The second-order valence-electron chi connectivity index (χ2n) is 4.67. The summed E-state index contributed by atoms with van der Waals surface area (Å²) in [4.78, 5) is 6.87. The van der Waals surface area contributed by atoms with Crippen molar-refractivity contribution in [2.45, 2.75) is 13.8 Å². The molecule has 0 unspecified atom stereocenters. The highest BCUT2D eigenvalue weighted by Gasteiger charge is 2.07. The number of benzene rings is 1. The Bertz CT molecular complexity index is 552. The lowest BCUT2D eigenvalue weighted by atomic mass is 10.1. The summed E-state index contributed by atoms with van der Waals surface area (Å²) >= 11 is 0. The summed E-state index contributed by atoms with van der Waals surface area (Å²) in [6.45, 7) is 8.49. The summed E-state index contributed by atoms with van der Waals surface area (Å²) in [6, 6.07) is 8.00. The van der Waals surface area contributed by atoms with E-state index < -0.39 is 0 Å². The first kappa shape index (κ1) is 14.6. The molecule has 2 rings (SSSR count). The van der Waals surface area contributed by atoms with Gasteiger partial charge in [-0.1, -0.05) is 13.8 Å². The third kappa shape index (κ3) is 3.20. The van der Waals surface area contributed by atoms with E-state index in [9.17, 15) is 0 Å². The number of methoxy groups -OCH3 is 1. The van der Waals surface area contributed by atoms with Crippen molar-refractivity contribution in [3.8, 4) is 5.75 Å². The maximum absolute atomic E-state index is 5.38. The minimum absolute atomic E-state index is 0.863. The van der Waals surface area contributed by atoms with E-state index in [0.29, 0.717) is 0 Å². The molecule has 20 heavy (non-hydrogen) atoms. The van der Waals surface area contributed by atoms with Gasteiger partial charge in [0.2, 0.25) is 0 Å². The number of likely N-dealkylation sites (N-methyl/N-ethyl adjacent to an activating group) is 1. The number of hydrogen-bond donors (Lipinski definition) is 1. The zero-order valence-electron chi connectivity index (χ0n) is 12.5. The van der Waals surface area contributed by atoms with Crippen LogP contribution < -0.4 is 10.1 Å². The molecule has 0 spiro atoms. The highest BCUT2D eigenvalue weighted by molar-refractivity contribution is 5.94. The van der Waals surface area contributed by atoms with Crippen LogP contribution in [0.1, 0.15) is 13.8 Å². The van der Waals surface area contributed by atoms with Crippen molar-refractivity contribution in [2.24, 2.45) is 0 Å². The van der Waals surface area contributed by atoms with Crippen LogP contribution >= 0.6 is 0 Å². The number of ether oxygens (including phenoxy) is 1. The van der Waals surface area contributed by atoms with Crippen LogP contribution in [-0.2, 0) is 0 Å². The molecule has 108 valence electrons. The first-order chi connectivity index (χ1) is 9.80. The van der Waals surface area contributed by atoms with Gasteiger partial charge in [0.05, 0.1) is 18.3 Å². The lowest BCUT2D eigenvalue weighted by molar-refractivity contribution is 0.316. The lowest BCUT2D eigenvalue weighted by Gasteiger charge is -2.19.